The number of hydrogen-bond acceptors (Lipinski definition) is 4. The van der Waals surface area contributed by atoms with Crippen molar-refractivity contribution in [2.24, 2.45) is 0 Å². The number of ether oxygens (including phenoxy) is 2. The molecule has 0 saturated heterocycles. The molecule has 0 radical (unpaired) electrons. The molecule has 132 valence electrons. The van der Waals surface area contributed by atoms with Gasteiger partial charge in [-0.3, -0.25) is 5.10 Å². The number of H-pyrrole nitrogens is 2. The van der Waals surface area contributed by atoms with Gasteiger partial charge >= 0.3 is 0 Å². The Morgan fingerprint density at radius 3 is 2.68 bits per heavy atom. The van der Waals surface area contributed by atoms with E-state index in [1.807, 2.05) is 24.5 Å². The zero-order chi connectivity index (χ0) is 17.5. The first-order valence-electron chi connectivity index (χ1n) is 8.57. The van der Waals surface area contributed by atoms with Crippen LogP contribution in [0.2, 0.25) is 0 Å². The molecule has 1 aromatic carbocycles. The molecule has 0 aliphatic rings. The van der Waals surface area contributed by atoms with Crippen LogP contribution in [0.3, 0.4) is 0 Å². The minimum Gasteiger partial charge on any atom is -0.491 e. The van der Waals surface area contributed by atoms with Crippen molar-refractivity contribution in [1.29, 1.82) is 0 Å². The Balaban J connectivity index is 1.68. The second kappa shape index (κ2) is 8.48. The molecule has 3 aromatic rings. The monoisotopic (exact) mass is 340 g/mol. The molecule has 6 nitrogen and oxygen atoms in total. The number of methoxy groups -OCH3 is 1. The van der Waals surface area contributed by atoms with E-state index in [2.05, 4.69) is 39.2 Å². The molecule has 2 aromatic heterocycles. The van der Waals surface area contributed by atoms with E-state index < -0.39 is 0 Å². The molecule has 0 bridgehead atoms. The van der Waals surface area contributed by atoms with Crippen LogP contribution in [0.1, 0.15) is 30.3 Å². The van der Waals surface area contributed by atoms with Crippen molar-refractivity contribution in [3.63, 3.8) is 0 Å². The van der Waals surface area contributed by atoms with Gasteiger partial charge in [0.1, 0.15) is 18.2 Å². The van der Waals surface area contributed by atoms with Crippen LogP contribution in [0.4, 0.5) is 0 Å². The van der Waals surface area contributed by atoms with Gasteiger partial charge in [0, 0.05) is 25.4 Å². The maximum Gasteiger partial charge on any atom is 0.140 e. The van der Waals surface area contributed by atoms with Crippen LogP contribution in [-0.4, -0.2) is 40.5 Å². The summed E-state index contributed by atoms with van der Waals surface area (Å²) in [5, 5.41) is 7.29. The molecule has 0 unspecified atom stereocenters. The lowest BCUT2D eigenvalue weighted by Crippen LogP contribution is -2.04. The highest BCUT2D eigenvalue weighted by atomic mass is 16.5. The first kappa shape index (κ1) is 17.2. The average Bonchev–Trinajstić information content (AvgIpc) is 3.26. The number of nitrogens with one attached hydrogen (secondary N) is 2. The largest absolute Gasteiger partial charge is 0.491 e. The minimum absolute atomic E-state index is 0.555. The SMILES string of the molecule is CCCc1cnc(-c2cn[nH]c2Cc2ccc(OCCOC)cc2)[nH]1. The van der Waals surface area contributed by atoms with Crippen LogP contribution in [-0.2, 0) is 17.6 Å². The molecule has 0 spiro atoms. The zero-order valence-corrected chi connectivity index (χ0v) is 14.7. The Bertz CT molecular complexity index is 777. The lowest BCUT2D eigenvalue weighted by Gasteiger charge is -2.07. The van der Waals surface area contributed by atoms with Crippen LogP contribution >= 0.6 is 0 Å². The maximum absolute atomic E-state index is 5.60. The van der Waals surface area contributed by atoms with E-state index >= 15 is 0 Å². The van der Waals surface area contributed by atoms with Gasteiger partial charge < -0.3 is 14.5 Å². The van der Waals surface area contributed by atoms with E-state index in [1.165, 1.54) is 5.56 Å². The molecular formula is C19H24N4O2. The third-order valence-electron chi connectivity index (χ3n) is 3.98. The fourth-order valence-electron chi connectivity index (χ4n) is 2.69. The number of benzene rings is 1. The van der Waals surface area contributed by atoms with Gasteiger partial charge in [0.15, 0.2) is 0 Å². The first-order chi connectivity index (χ1) is 12.3. The average molecular weight is 340 g/mol. The van der Waals surface area contributed by atoms with Crippen LogP contribution < -0.4 is 4.74 Å². The molecule has 0 fully saturated rings. The lowest BCUT2D eigenvalue weighted by molar-refractivity contribution is 0.146. The van der Waals surface area contributed by atoms with E-state index in [0.717, 1.165) is 47.8 Å². The van der Waals surface area contributed by atoms with Crippen molar-refractivity contribution < 1.29 is 9.47 Å². The molecule has 0 saturated carbocycles. The predicted octanol–water partition coefficient (Wildman–Crippen LogP) is 3.37. The quantitative estimate of drug-likeness (QED) is 0.586. The van der Waals surface area contributed by atoms with E-state index in [9.17, 15) is 0 Å². The molecule has 25 heavy (non-hydrogen) atoms. The number of aromatic nitrogens is 4. The summed E-state index contributed by atoms with van der Waals surface area (Å²) in [6.45, 7) is 3.30. The van der Waals surface area contributed by atoms with Gasteiger partial charge in [-0.05, 0) is 24.1 Å². The summed E-state index contributed by atoms with van der Waals surface area (Å²) in [5.41, 5.74) is 4.40. The second-order valence-corrected chi connectivity index (χ2v) is 5.93. The van der Waals surface area contributed by atoms with E-state index in [0.29, 0.717) is 13.2 Å². The summed E-state index contributed by atoms with van der Waals surface area (Å²) in [6, 6.07) is 8.09. The number of hydrogen-bond donors (Lipinski definition) is 2. The number of aromatic amines is 2. The number of aryl methyl sites for hydroxylation is 1. The summed E-state index contributed by atoms with van der Waals surface area (Å²) in [5.74, 6) is 1.72. The molecule has 0 aliphatic carbocycles. The van der Waals surface area contributed by atoms with Gasteiger partial charge in [0.2, 0.25) is 0 Å². The molecule has 2 heterocycles. The van der Waals surface area contributed by atoms with Crippen molar-refractivity contribution in [2.45, 2.75) is 26.2 Å². The molecule has 0 amide bonds. The molecule has 3 rings (SSSR count). The van der Waals surface area contributed by atoms with Gasteiger partial charge in [-0.15, -0.1) is 0 Å². The summed E-state index contributed by atoms with van der Waals surface area (Å²) in [6.07, 6.45) is 6.59. The predicted molar refractivity (Wildman–Crippen MR) is 96.8 cm³/mol. The molecule has 0 aliphatic heterocycles. The second-order valence-electron chi connectivity index (χ2n) is 5.93. The highest BCUT2D eigenvalue weighted by Crippen LogP contribution is 2.22. The Morgan fingerprint density at radius 1 is 1.08 bits per heavy atom. The van der Waals surface area contributed by atoms with Gasteiger partial charge in [-0.2, -0.15) is 5.10 Å². The fraction of sp³-hybridized carbons (Fsp3) is 0.368. The van der Waals surface area contributed by atoms with Gasteiger partial charge in [-0.1, -0.05) is 25.5 Å². The van der Waals surface area contributed by atoms with Crippen molar-refractivity contribution in [2.75, 3.05) is 20.3 Å². The Hall–Kier alpha value is -2.60. The first-order valence-corrected chi connectivity index (χ1v) is 8.57. The normalized spacial score (nSPS) is 11.0. The van der Waals surface area contributed by atoms with Crippen molar-refractivity contribution >= 4 is 0 Å². The highest BCUT2D eigenvalue weighted by Gasteiger charge is 2.12. The summed E-state index contributed by atoms with van der Waals surface area (Å²) >= 11 is 0. The van der Waals surface area contributed by atoms with E-state index in [4.69, 9.17) is 9.47 Å². The smallest absolute Gasteiger partial charge is 0.140 e. The van der Waals surface area contributed by atoms with Crippen molar-refractivity contribution in [3.8, 4) is 17.1 Å². The standard InChI is InChI=1S/C19H24N4O2/c1-3-4-15-12-20-19(22-15)17-13-21-23-18(17)11-14-5-7-16(8-6-14)25-10-9-24-2/h5-8,12-13H,3-4,9-11H2,1-2H3,(H,20,22)(H,21,23). The van der Waals surface area contributed by atoms with Crippen molar-refractivity contribution in [1.82, 2.24) is 20.2 Å². The molecule has 2 N–H and O–H groups in total. The van der Waals surface area contributed by atoms with Gasteiger partial charge in [0.05, 0.1) is 24.1 Å². The number of rotatable bonds is 9. The van der Waals surface area contributed by atoms with Crippen LogP contribution in [0, 0.1) is 0 Å². The third-order valence-corrected chi connectivity index (χ3v) is 3.98. The Morgan fingerprint density at radius 2 is 1.92 bits per heavy atom. The fourth-order valence-corrected chi connectivity index (χ4v) is 2.69. The van der Waals surface area contributed by atoms with Gasteiger partial charge in [0.25, 0.3) is 0 Å². The topological polar surface area (TPSA) is 75.8 Å². The van der Waals surface area contributed by atoms with E-state index in [1.54, 1.807) is 7.11 Å². The number of imidazole rings is 1. The minimum atomic E-state index is 0.555. The number of nitrogens with zero attached hydrogens (tertiary/aromatic N) is 2. The molecule has 0 atom stereocenters. The van der Waals surface area contributed by atoms with E-state index in [-0.39, 0.29) is 0 Å². The maximum atomic E-state index is 5.60. The van der Waals surface area contributed by atoms with Crippen LogP contribution in [0.15, 0.2) is 36.7 Å². The highest BCUT2D eigenvalue weighted by molar-refractivity contribution is 5.58. The summed E-state index contributed by atoms with van der Waals surface area (Å²) in [4.78, 5) is 7.87. The lowest BCUT2D eigenvalue weighted by atomic mass is 10.1. The Labute approximate surface area is 147 Å². The summed E-state index contributed by atoms with van der Waals surface area (Å²) in [7, 11) is 1.67. The molecule has 6 heteroatoms. The Kier molecular flexibility index (Phi) is 5.85. The molecular weight excluding hydrogens is 316 g/mol. The van der Waals surface area contributed by atoms with Crippen molar-refractivity contribution in [3.05, 3.63) is 53.6 Å². The van der Waals surface area contributed by atoms with Gasteiger partial charge in [-0.25, -0.2) is 4.98 Å². The third kappa shape index (κ3) is 4.48. The van der Waals surface area contributed by atoms with Crippen LogP contribution in [0.5, 0.6) is 5.75 Å². The zero-order valence-electron chi connectivity index (χ0n) is 14.7. The summed E-state index contributed by atoms with van der Waals surface area (Å²) < 4.78 is 10.6. The van der Waals surface area contributed by atoms with Crippen LogP contribution in [0.25, 0.3) is 11.4 Å².